The van der Waals surface area contributed by atoms with E-state index in [9.17, 15) is 9.59 Å². The molecule has 0 bridgehead atoms. The lowest BCUT2D eigenvalue weighted by Gasteiger charge is -2.17. The maximum Gasteiger partial charge on any atom is 0.341 e. The second-order valence-electron chi connectivity index (χ2n) is 5.13. The summed E-state index contributed by atoms with van der Waals surface area (Å²) in [5, 5.41) is 3.29. The summed E-state index contributed by atoms with van der Waals surface area (Å²) >= 11 is 11.9. The molecule has 1 saturated carbocycles. The quantitative estimate of drug-likeness (QED) is 0.858. The van der Waals surface area contributed by atoms with Gasteiger partial charge in [-0.25, -0.2) is 4.79 Å². The number of nitrogens with one attached hydrogen (secondary N) is 1. The van der Waals surface area contributed by atoms with Crippen molar-refractivity contribution in [2.24, 2.45) is 0 Å². The Labute approximate surface area is 133 Å². The standard InChI is InChI=1S/C15H17Cl2NO3/c1-9(14(19)18-10-5-2-3-6-10)21-15(20)13-11(16)7-4-8-12(13)17/h4,7-10H,2-3,5-6H2,1H3,(H,18,19)/t9-/m1/s1. The molecule has 0 aliphatic heterocycles. The van der Waals surface area contributed by atoms with E-state index in [-0.39, 0.29) is 27.6 Å². The minimum Gasteiger partial charge on any atom is -0.449 e. The number of carbonyl (C=O) groups is 2. The van der Waals surface area contributed by atoms with Crippen LogP contribution in [-0.2, 0) is 9.53 Å². The number of halogens is 2. The van der Waals surface area contributed by atoms with Crippen LogP contribution in [0, 0.1) is 0 Å². The van der Waals surface area contributed by atoms with E-state index in [4.69, 9.17) is 27.9 Å². The molecule has 21 heavy (non-hydrogen) atoms. The Morgan fingerprint density at radius 3 is 2.38 bits per heavy atom. The Morgan fingerprint density at radius 1 is 1.24 bits per heavy atom. The van der Waals surface area contributed by atoms with Crippen molar-refractivity contribution < 1.29 is 14.3 Å². The van der Waals surface area contributed by atoms with E-state index in [0.29, 0.717) is 0 Å². The summed E-state index contributed by atoms with van der Waals surface area (Å²) in [6.07, 6.45) is 3.30. The van der Waals surface area contributed by atoms with Crippen LogP contribution < -0.4 is 5.32 Å². The molecule has 1 N–H and O–H groups in total. The van der Waals surface area contributed by atoms with Gasteiger partial charge < -0.3 is 10.1 Å². The Hall–Kier alpha value is -1.26. The van der Waals surface area contributed by atoms with Gasteiger partial charge in [-0.1, -0.05) is 42.1 Å². The van der Waals surface area contributed by atoms with Crippen molar-refractivity contribution in [3.8, 4) is 0 Å². The maximum atomic E-state index is 12.1. The smallest absolute Gasteiger partial charge is 0.341 e. The molecule has 114 valence electrons. The molecule has 1 amide bonds. The summed E-state index contributed by atoms with van der Waals surface area (Å²) in [5.41, 5.74) is 0.0846. The lowest BCUT2D eigenvalue weighted by atomic mass is 10.2. The third-order valence-electron chi connectivity index (χ3n) is 3.52. The Balaban J connectivity index is 1.96. The molecular weight excluding hydrogens is 313 g/mol. The van der Waals surface area contributed by atoms with E-state index in [1.165, 1.54) is 6.92 Å². The van der Waals surface area contributed by atoms with Gasteiger partial charge in [0.25, 0.3) is 5.91 Å². The predicted molar refractivity (Wildman–Crippen MR) is 81.7 cm³/mol. The van der Waals surface area contributed by atoms with Gasteiger partial charge in [0.2, 0.25) is 0 Å². The fraction of sp³-hybridized carbons (Fsp3) is 0.467. The van der Waals surface area contributed by atoms with Crippen LogP contribution in [0.2, 0.25) is 10.0 Å². The summed E-state index contributed by atoms with van der Waals surface area (Å²) in [6, 6.07) is 4.92. The molecule has 0 radical (unpaired) electrons. The molecular formula is C15H17Cl2NO3. The highest BCUT2D eigenvalue weighted by Crippen LogP contribution is 2.25. The lowest BCUT2D eigenvalue weighted by Crippen LogP contribution is -2.40. The second kappa shape index (κ2) is 7.14. The van der Waals surface area contributed by atoms with Crippen LogP contribution in [0.3, 0.4) is 0 Å². The first-order chi connectivity index (χ1) is 9.99. The molecule has 0 saturated heterocycles. The van der Waals surface area contributed by atoms with E-state index < -0.39 is 12.1 Å². The minimum absolute atomic E-state index is 0.0846. The Bertz CT molecular complexity index is 521. The fourth-order valence-corrected chi connectivity index (χ4v) is 2.91. The van der Waals surface area contributed by atoms with Gasteiger partial charge in [0.1, 0.15) is 0 Å². The molecule has 2 rings (SSSR count). The van der Waals surface area contributed by atoms with Crippen molar-refractivity contribution in [2.75, 3.05) is 0 Å². The van der Waals surface area contributed by atoms with E-state index in [2.05, 4.69) is 5.32 Å². The molecule has 0 heterocycles. The van der Waals surface area contributed by atoms with E-state index >= 15 is 0 Å². The molecule has 4 nitrogen and oxygen atoms in total. The molecule has 0 aromatic heterocycles. The van der Waals surface area contributed by atoms with E-state index in [1.807, 2.05) is 0 Å². The minimum atomic E-state index is -0.884. The van der Waals surface area contributed by atoms with Crippen molar-refractivity contribution in [3.63, 3.8) is 0 Å². The zero-order valence-electron chi connectivity index (χ0n) is 11.7. The average Bonchev–Trinajstić information content (AvgIpc) is 2.91. The molecule has 1 fully saturated rings. The number of rotatable bonds is 4. The lowest BCUT2D eigenvalue weighted by molar-refractivity contribution is -0.129. The molecule has 0 spiro atoms. The van der Waals surface area contributed by atoms with Gasteiger partial charge in [-0.15, -0.1) is 0 Å². The molecule has 1 aliphatic carbocycles. The van der Waals surface area contributed by atoms with Gasteiger partial charge in [-0.3, -0.25) is 4.79 Å². The normalized spacial score (nSPS) is 16.5. The number of amides is 1. The van der Waals surface area contributed by atoms with Crippen molar-refractivity contribution in [2.45, 2.75) is 44.8 Å². The first kappa shape index (κ1) is 16.1. The molecule has 1 aromatic rings. The van der Waals surface area contributed by atoms with Gasteiger partial charge in [-0.05, 0) is 31.9 Å². The zero-order chi connectivity index (χ0) is 15.4. The highest BCUT2D eigenvalue weighted by Gasteiger charge is 2.25. The van der Waals surface area contributed by atoms with Gasteiger partial charge in [0.05, 0.1) is 15.6 Å². The third kappa shape index (κ3) is 4.11. The summed E-state index contributed by atoms with van der Waals surface area (Å²) in [5.74, 6) is -0.988. The largest absolute Gasteiger partial charge is 0.449 e. The number of hydrogen-bond acceptors (Lipinski definition) is 3. The van der Waals surface area contributed by atoms with Crippen molar-refractivity contribution in [1.82, 2.24) is 5.32 Å². The molecule has 1 atom stereocenters. The third-order valence-corrected chi connectivity index (χ3v) is 4.15. The maximum absolute atomic E-state index is 12.1. The van der Waals surface area contributed by atoms with Crippen molar-refractivity contribution in [1.29, 1.82) is 0 Å². The van der Waals surface area contributed by atoms with E-state index in [0.717, 1.165) is 25.7 Å². The monoisotopic (exact) mass is 329 g/mol. The zero-order valence-corrected chi connectivity index (χ0v) is 13.2. The average molecular weight is 330 g/mol. The molecule has 0 unspecified atom stereocenters. The van der Waals surface area contributed by atoms with Gasteiger partial charge >= 0.3 is 5.97 Å². The number of benzene rings is 1. The SMILES string of the molecule is C[C@@H](OC(=O)c1c(Cl)cccc1Cl)C(=O)NC1CCCC1. The fourth-order valence-electron chi connectivity index (χ4n) is 2.35. The molecule has 1 aliphatic rings. The van der Waals surface area contributed by atoms with E-state index in [1.54, 1.807) is 18.2 Å². The number of esters is 1. The highest BCUT2D eigenvalue weighted by molar-refractivity contribution is 6.39. The summed E-state index contributed by atoms with van der Waals surface area (Å²) in [7, 11) is 0. The Morgan fingerprint density at radius 2 is 1.81 bits per heavy atom. The predicted octanol–water partition coefficient (Wildman–Crippen LogP) is 3.60. The number of carbonyl (C=O) groups excluding carboxylic acids is 2. The van der Waals surface area contributed by atoms with Crippen LogP contribution >= 0.6 is 23.2 Å². The van der Waals surface area contributed by atoms with Crippen LogP contribution in [0.15, 0.2) is 18.2 Å². The summed E-state index contributed by atoms with van der Waals surface area (Å²) in [4.78, 5) is 24.0. The van der Waals surface area contributed by atoms with Crippen LogP contribution in [0.1, 0.15) is 43.0 Å². The molecule has 1 aromatic carbocycles. The first-order valence-corrected chi connectivity index (χ1v) is 7.70. The summed E-state index contributed by atoms with van der Waals surface area (Å²) in [6.45, 7) is 1.53. The first-order valence-electron chi connectivity index (χ1n) is 6.94. The highest BCUT2D eigenvalue weighted by atomic mass is 35.5. The van der Waals surface area contributed by atoms with Crippen molar-refractivity contribution in [3.05, 3.63) is 33.8 Å². The number of hydrogen-bond donors (Lipinski definition) is 1. The van der Waals surface area contributed by atoms with Crippen LogP contribution in [0.4, 0.5) is 0 Å². The summed E-state index contributed by atoms with van der Waals surface area (Å²) < 4.78 is 5.15. The topological polar surface area (TPSA) is 55.4 Å². The van der Waals surface area contributed by atoms with Gasteiger partial charge in [0, 0.05) is 6.04 Å². The van der Waals surface area contributed by atoms with Gasteiger partial charge in [-0.2, -0.15) is 0 Å². The number of ether oxygens (including phenoxy) is 1. The van der Waals surface area contributed by atoms with Crippen molar-refractivity contribution >= 4 is 35.1 Å². The second-order valence-corrected chi connectivity index (χ2v) is 5.95. The molecule has 6 heteroatoms. The Kier molecular flexibility index (Phi) is 5.48. The van der Waals surface area contributed by atoms with Crippen LogP contribution in [-0.4, -0.2) is 24.0 Å². The van der Waals surface area contributed by atoms with Crippen LogP contribution in [0.5, 0.6) is 0 Å². The van der Waals surface area contributed by atoms with Gasteiger partial charge in [0.15, 0.2) is 6.10 Å². The van der Waals surface area contributed by atoms with Crippen LogP contribution in [0.25, 0.3) is 0 Å².